The predicted octanol–water partition coefficient (Wildman–Crippen LogP) is 2.50. The minimum atomic E-state index is -0.414. The molecule has 0 bridgehead atoms. The van der Waals surface area contributed by atoms with Crippen LogP contribution in [-0.4, -0.2) is 25.5 Å². The summed E-state index contributed by atoms with van der Waals surface area (Å²) < 4.78 is 18.2. The summed E-state index contributed by atoms with van der Waals surface area (Å²) >= 11 is 0. The Morgan fingerprint density at radius 3 is 2.76 bits per heavy atom. The average Bonchev–Trinajstić information content (AvgIpc) is 3.02. The number of rotatable bonds is 5. The molecular weight excluding hydrogens is 323 g/mol. The van der Waals surface area contributed by atoms with Crippen LogP contribution in [-0.2, 0) is 16.1 Å². The first-order chi connectivity index (χ1) is 12.1. The van der Waals surface area contributed by atoms with E-state index >= 15 is 0 Å². The molecule has 5 nitrogen and oxygen atoms in total. The van der Waals surface area contributed by atoms with Gasteiger partial charge in [-0.25, -0.2) is 4.39 Å². The van der Waals surface area contributed by atoms with E-state index in [9.17, 15) is 14.0 Å². The lowest BCUT2D eigenvalue weighted by Gasteiger charge is -2.16. The standard InChI is InChI=1S/C19H19FN2O3/c1-25-17-4-2-3-13(9-17)11-21-19(24)14-10-18(23)22(12-14)16-7-5-15(20)6-8-16/h2-9,14H,10-12H2,1H3,(H,21,24)/t14-/m1/s1. The SMILES string of the molecule is COc1cccc(CNC(=O)[C@@H]2CC(=O)N(c3ccc(F)cc3)C2)c1. The van der Waals surface area contributed by atoms with Gasteiger partial charge in [0, 0.05) is 25.2 Å². The van der Waals surface area contributed by atoms with Crippen LogP contribution in [0.15, 0.2) is 48.5 Å². The normalized spacial score (nSPS) is 16.8. The zero-order valence-corrected chi connectivity index (χ0v) is 13.9. The number of carbonyl (C=O) groups excluding carboxylic acids is 2. The fourth-order valence-corrected chi connectivity index (χ4v) is 2.87. The van der Waals surface area contributed by atoms with E-state index in [4.69, 9.17) is 4.74 Å². The molecule has 6 heteroatoms. The summed E-state index contributed by atoms with van der Waals surface area (Å²) in [5.41, 5.74) is 1.53. The highest BCUT2D eigenvalue weighted by atomic mass is 19.1. The zero-order chi connectivity index (χ0) is 17.8. The summed E-state index contributed by atoms with van der Waals surface area (Å²) in [4.78, 5) is 26.1. The minimum Gasteiger partial charge on any atom is -0.497 e. The molecule has 0 unspecified atom stereocenters. The summed E-state index contributed by atoms with van der Waals surface area (Å²) in [6.45, 7) is 0.672. The fourth-order valence-electron chi connectivity index (χ4n) is 2.87. The third-order valence-electron chi connectivity index (χ3n) is 4.24. The van der Waals surface area contributed by atoms with Crippen molar-refractivity contribution in [3.63, 3.8) is 0 Å². The molecule has 3 rings (SSSR count). The number of nitrogens with zero attached hydrogens (tertiary/aromatic N) is 1. The minimum absolute atomic E-state index is 0.131. The van der Waals surface area contributed by atoms with Crippen LogP contribution in [0.4, 0.5) is 10.1 Å². The van der Waals surface area contributed by atoms with Crippen LogP contribution in [0, 0.1) is 11.7 Å². The quantitative estimate of drug-likeness (QED) is 0.908. The molecule has 0 aliphatic carbocycles. The molecule has 25 heavy (non-hydrogen) atoms. The van der Waals surface area contributed by atoms with Gasteiger partial charge in [-0.3, -0.25) is 9.59 Å². The van der Waals surface area contributed by atoms with Gasteiger partial charge in [0.05, 0.1) is 13.0 Å². The van der Waals surface area contributed by atoms with Crippen molar-refractivity contribution in [2.24, 2.45) is 5.92 Å². The number of nitrogens with one attached hydrogen (secondary N) is 1. The number of anilines is 1. The van der Waals surface area contributed by atoms with Gasteiger partial charge >= 0.3 is 0 Å². The first kappa shape index (κ1) is 17.0. The Bertz CT molecular complexity index is 776. The Morgan fingerprint density at radius 1 is 1.28 bits per heavy atom. The van der Waals surface area contributed by atoms with E-state index in [2.05, 4.69) is 5.32 Å². The Kier molecular flexibility index (Phi) is 4.97. The van der Waals surface area contributed by atoms with Crippen LogP contribution in [0.25, 0.3) is 0 Å². The van der Waals surface area contributed by atoms with Crippen LogP contribution < -0.4 is 15.0 Å². The van der Waals surface area contributed by atoms with Crippen LogP contribution >= 0.6 is 0 Å². The lowest BCUT2D eigenvalue weighted by molar-refractivity contribution is -0.126. The second kappa shape index (κ2) is 7.34. The number of methoxy groups -OCH3 is 1. The van der Waals surface area contributed by atoms with Gasteiger partial charge in [-0.2, -0.15) is 0 Å². The molecule has 1 aliphatic heterocycles. The van der Waals surface area contributed by atoms with Crippen molar-refractivity contribution in [1.29, 1.82) is 0 Å². The second-order valence-electron chi connectivity index (χ2n) is 5.95. The van der Waals surface area contributed by atoms with Gasteiger partial charge in [0.1, 0.15) is 11.6 Å². The van der Waals surface area contributed by atoms with E-state index in [-0.39, 0.29) is 24.1 Å². The number of carbonyl (C=O) groups is 2. The van der Waals surface area contributed by atoms with Crippen molar-refractivity contribution in [3.05, 3.63) is 59.9 Å². The number of ether oxygens (including phenoxy) is 1. The topological polar surface area (TPSA) is 58.6 Å². The molecule has 1 fully saturated rings. The van der Waals surface area contributed by atoms with Crippen molar-refractivity contribution < 1.29 is 18.7 Å². The van der Waals surface area contributed by atoms with Gasteiger partial charge in [0.15, 0.2) is 0 Å². The highest BCUT2D eigenvalue weighted by Crippen LogP contribution is 2.25. The van der Waals surface area contributed by atoms with Gasteiger partial charge in [-0.15, -0.1) is 0 Å². The molecule has 1 atom stereocenters. The molecule has 0 aromatic heterocycles. The third-order valence-corrected chi connectivity index (χ3v) is 4.24. The molecule has 1 heterocycles. The second-order valence-corrected chi connectivity index (χ2v) is 5.95. The molecule has 2 aromatic rings. The summed E-state index contributed by atoms with van der Waals surface area (Å²) in [6, 6.07) is 13.1. The molecular formula is C19H19FN2O3. The van der Waals surface area contributed by atoms with Gasteiger partial charge < -0.3 is 15.0 Å². The van der Waals surface area contributed by atoms with Crippen LogP contribution in [0.1, 0.15) is 12.0 Å². The molecule has 2 aromatic carbocycles. The Morgan fingerprint density at radius 2 is 2.04 bits per heavy atom. The van der Waals surface area contributed by atoms with E-state index in [1.165, 1.54) is 17.0 Å². The summed E-state index contributed by atoms with van der Waals surface area (Å²) in [5.74, 6) is -0.342. The maximum atomic E-state index is 13.0. The average molecular weight is 342 g/mol. The lowest BCUT2D eigenvalue weighted by Crippen LogP contribution is -2.32. The van der Waals surface area contributed by atoms with E-state index in [1.54, 1.807) is 19.2 Å². The van der Waals surface area contributed by atoms with Crippen LogP contribution in [0.5, 0.6) is 5.75 Å². The first-order valence-electron chi connectivity index (χ1n) is 8.03. The summed E-state index contributed by atoms with van der Waals surface area (Å²) in [6.07, 6.45) is 0.154. The lowest BCUT2D eigenvalue weighted by atomic mass is 10.1. The van der Waals surface area contributed by atoms with Crippen molar-refractivity contribution in [3.8, 4) is 5.75 Å². The number of hydrogen-bond donors (Lipinski definition) is 1. The molecule has 1 saturated heterocycles. The molecule has 130 valence electrons. The van der Waals surface area contributed by atoms with Crippen molar-refractivity contribution in [1.82, 2.24) is 5.32 Å². The van der Waals surface area contributed by atoms with Gasteiger partial charge in [-0.05, 0) is 42.0 Å². The van der Waals surface area contributed by atoms with Crippen molar-refractivity contribution in [2.75, 3.05) is 18.6 Å². The van der Waals surface area contributed by atoms with Crippen LogP contribution in [0.2, 0.25) is 0 Å². The monoisotopic (exact) mass is 342 g/mol. The molecule has 2 amide bonds. The van der Waals surface area contributed by atoms with E-state index < -0.39 is 5.92 Å². The number of amides is 2. The van der Waals surface area contributed by atoms with E-state index in [0.717, 1.165) is 11.3 Å². The van der Waals surface area contributed by atoms with Crippen LogP contribution in [0.3, 0.4) is 0 Å². The Balaban J connectivity index is 1.59. The predicted molar refractivity (Wildman–Crippen MR) is 91.7 cm³/mol. The highest BCUT2D eigenvalue weighted by molar-refractivity contribution is 6.00. The maximum absolute atomic E-state index is 13.0. The summed E-state index contributed by atoms with van der Waals surface area (Å²) in [7, 11) is 1.59. The smallest absolute Gasteiger partial charge is 0.227 e. The number of halogens is 1. The largest absolute Gasteiger partial charge is 0.497 e. The number of benzene rings is 2. The van der Waals surface area contributed by atoms with Gasteiger partial charge in [0.2, 0.25) is 11.8 Å². The molecule has 1 N–H and O–H groups in total. The van der Waals surface area contributed by atoms with Crippen molar-refractivity contribution in [2.45, 2.75) is 13.0 Å². The van der Waals surface area contributed by atoms with E-state index in [1.807, 2.05) is 24.3 Å². The van der Waals surface area contributed by atoms with Crippen molar-refractivity contribution >= 4 is 17.5 Å². The summed E-state index contributed by atoms with van der Waals surface area (Å²) in [5, 5.41) is 2.86. The van der Waals surface area contributed by atoms with E-state index in [0.29, 0.717) is 18.8 Å². The maximum Gasteiger partial charge on any atom is 0.227 e. The Labute approximate surface area is 145 Å². The van der Waals surface area contributed by atoms with Gasteiger partial charge in [-0.1, -0.05) is 12.1 Å². The molecule has 0 spiro atoms. The Hall–Kier alpha value is -2.89. The molecule has 0 radical (unpaired) electrons. The third kappa shape index (κ3) is 3.96. The number of hydrogen-bond acceptors (Lipinski definition) is 3. The highest BCUT2D eigenvalue weighted by Gasteiger charge is 2.34. The molecule has 1 aliphatic rings. The van der Waals surface area contributed by atoms with Gasteiger partial charge in [0.25, 0.3) is 0 Å². The zero-order valence-electron chi connectivity index (χ0n) is 13.9. The first-order valence-corrected chi connectivity index (χ1v) is 8.03. The fraction of sp³-hybridized carbons (Fsp3) is 0.263. The molecule has 0 saturated carbocycles.